The molecule has 0 radical (unpaired) electrons. The summed E-state index contributed by atoms with van der Waals surface area (Å²) in [6.45, 7) is 15.0. The van der Waals surface area contributed by atoms with Gasteiger partial charge in [0, 0.05) is 32.8 Å². The number of aromatic nitrogens is 1. The van der Waals surface area contributed by atoms with Crippen LogP contribution in [-0.4, -0.2) is 70.6 Å². The minimum atomic E-state index is -2.22. The second-order valence-corrected chi connectivity index (χ2v) is 12.0. The van der Waals surface area contributed by atoms with Gasteiger partial charge in [0.2, 0.25) is 0 Å². The fraction of sp³-hybridized carbons (Fsp3) is 0.643. The first-order chi connectivity index (χ1) is 17.9. The number of pyridine rings is 1. The van der Waals surface area contributed by atoms with Crippen LogP contribution in [0.1, 0.15) is 79.2 Å². The monoisotopic (exact) mass is 621 g/mol. The van der Waals surface area contributed by atoms with Gasteiger partial charge in [-0.1, -0.05) is 93.0 Å². The Morgan fingerprint density at radius 3 is 1.40 bits per heavy atom. The van der Waals surface area contributed by atoms with Crippen LogP contribution in [0.25, 0.3) is 10.9 Å². The van der Waals surface area contributed by atoms with Gasteiger partial charge in [0.15, 0.2) is 0 Å². The smallest absolute Gasteiger partial charge is 0.852 e. The zero-order chi connectivity index (χ0) is 31.6. The zero-order valence-corrected chi connectivity index (χ0v) is 28.9. The number of benzene rings is 1. The molecule has 0 aliphatic heterocycles. The van der Waals surface area contributed by atoms with E-state index in [9.17, 15) is 25.2 Å². The van der Waals surface area contributed by atoms with Crippen molar-refractivity contribution in [3.8, 4) is 0 Å². The molecule has 1 aromatic carbocycles. The number of hydrogen-bond acceptors (Lipinski definition) is 9. The summed E-state index contributed by atoms with van der Waals surface area (Å²) < 4.78 is 15.5. The molecule has 0 atom stereocenters. The van der Waals surface area contributed by atoms with Crippen LogP contribution in [0.3, 0.4) is 0 Å². The molecule has 12 heteroatoms. The van der Waals surface area contributed by atoms with E-state index in [2.05, 4.69) is 11.9 Å². The first-order valence-electron chi connectivity index (χ1n) is 12.8. The summed E-state index contributed by atoms with van der Waals surface area (Å²) in [7, 11) is 2.68. The van der Waals surface area contributed by atoms with Gasteiger partial charge in [0.1, 0.15) is 5.69 Å². The Kier molecular flexibility index (Phi) is 37.2. The van der Waals surface area contributed by atoms with E-state index in [4.69, 9.17) is 18.4 Å². The average molecular weight is 622 g/mol. The molecule has 1 heterocycles. The number of fused-ring (bicyclic) bond motifs is 1. The molecule has 10 nitrogen and oxygen atoms in total. The van der Waals surface area contributed by atoms with E-state index in [-0.39, 0.29) is 27.4 Å². The van der Waals surface area contributed by atoms with Crippen LogP contribution in [0.4, 0.5) is 0 Å². The topological polar surface area (TPSA) is 170 Å². The quantitative estimate of drug-likeness (QED) is 0.472. The molecule has 1 aromatic heterocycles. The van der Waals surface area contributed by atoms with Crippen LogP contribution in [0.15, 0.2) is 36.4 Å². The van der Waals surface area contributed by atoms with Gasteiger partial charge < -0.3 is 38.8 Å². The third-order valence-corrected chi connectivity index (χ3v) is 6.29. The standard InChI is InChI=1S/C10H7NO2.C6H16O3Si.4C3H7O.Ti/c12-10(13)9-6-5-7-3-1-2-4-8(7)11-9;1-5-6-10(7-2,8-3)9-4;4*1-3(2)4;/h1-6H,(H,12,13);5-6H2,1-4H3;4*3H,1-2H3;/q;;4*-1;+4. The number of rotatable bonds is 6. The van der Waals surface area contributed by atoms with Crippen molar-refractivity contribution in [1.82, 2.24) is 4.98 Å². The second kappa shape index (κ2) is 30.7. The zero-order valence-electron chi connectivity index (χ0n) is 26.3. The van der Waals surface area contributed by atoms with Crippen molar-refractivity contribution in [3.63, 3.8) is 0 Å². The Labute approximate surface area is 258 Å². The van der Waals surface area contributed by atoms with E-state index >= 15 is 0 Å². The minimum Gasteiger partial charge on any atom is -0.852 e. The molecule has 1 N–H and O–H groups in total. The Morgan fingerprint density at radius 1 is 0.775 bits per heavy atom. The van der Waals surface area contributed by atoms with Crippen molar-refractivity contribution in [2.45, 2.75) is 99.2 Å². The van der Waals surface area contributed by atoms with Crippen molar-refractivity contribution >= 4 is 25.7 Å². The first kappa shape index (κ1) is 48.5. The SMILES string of the molecule is CC(C)[O-].CC(C)[O-].CC(C)[O-].CC(C)[O-].CCC[Si](OC)(OC)OC.O=C(O)c1ccc2ccccc2n1.[Ti+4]. The molecule has 40 heavy (non-hydrogen) atoms. The Bertz CT molecular complexity index is 778. The van der Waals surface area contributed by atoms with E-state index in [1.54, 1.807) is 88.9 Å². The molecular formula is C28H51NO9SiTi. The van der Waals surface area contributed by atoms with Crippen LogP contribution in [-0.2, 0) is 35.0 Å². The summed E-state index contributed by atoms with van der Waals surface area (Å²) in [5.41, 5.74) is 0.793. The molecule has 0 aliphatic carbocycles. The van der Waals surface area contributed by atoms with Crippen molar-refractivity contribution in [3.05, 3.63) is 42.1 Å². The molecule has 0 saturated heterocycles. The van der Waals surface area contributed by atoms with Crippen LogP contribution in [0.2, 0.25) is 6.04 Å². The van der Waals surface area contributed by atoms with Crippen molar-refractivity contribution in [2.24, 2.45) is 0 Å². The first-order valence-corrected chi connectivity index (χ1v) is 14.8. The molecule has 230 valence electrons. The number of aromatic carboxylic acids is 1. The Morgan fingerprint density at radius 2 is 1.12 bits per heavy atom. The summed E-state index contributed by atoms with van der Waals surface area (Å²) in [6.07, 6.45) is -0.637. The maximum absolute atomic E-state index is 10.6. The van der Waals surface area contributed by atoms with E-state index in [0.29, 0.717) is 5.52 Å². The minimum absolute atomic E-state index is 0. The van der Waals surface area contributed by atoms with E-state index in [0.717, 1.165) is 17.9 Å². The van der Waals surface area contributed by atoms with E-state index in [1.807, 2.05) is 18.2 Å². The largest absolute Gasteiger partial charge is 4.00 e. The Hall–Kier alpha value is -1.25. The van der Waals surface area contributed by atoms with Gasteiger partial charge in [0.05, 0.1) is 5.52 Å². The normalized spacial score (nSPS) is 9.90. The molecule has 0 amide bonds. The maximum atomic E-state index is 10.6. The fourth-order valence-electron chi connectivity index (χ4n) is 2.05. The summed E-state index contributed by atoms with van der Waals surface area (Å²) >= 11 is 0. The number of carboxylic acid groups (broad SMARTS) is 1. The summed E-state index contributed by atoms with van der Waals surface area (Å²) in [4.78, 5) is 14.6. The predicted molar refractivity (Wildman–Crippen MR) is 151 cm³/mol. The third-order valence-electron chi connectivity index (χ3n) is 3.31. The number of carbonyl (C=O) groups is 1. The summed E-state index contributed by atoms with van der Waals surface area (Å²) in [5.74, 6) is -0.995. The van der Waals surface area contributed by atoms with E-state index < -0.39 is 39.2 Å². The van der Waals surface area contributed by atoms with E-state index in [1.165, 1.54) is 6.07 Å². The molecule has 0 unspecified atom stereocenters. The Balaban J connectivity index is -0.000000134. The van der Waals surface area contributed by atoms with Crippen LogP contribution in [0.5, 0.6) is 0 Å². The predicted octanol–water partition coefficient (Wildman–Crippen LogP) is 2.23. The fourth-order valence-corrected chi connectivity index (χ4v) is 3.77. The van der Waals surface area contributed by atoms with Crippen LogP contribution < -0.4 is 20.4 Å². The number of hydrogen-bond donors (Lipinski definition) is 1. The van der Waals surface area contributed by atoms with Gasteiger partial charge in [-0.3, -0.25) is 0 Å². The van der Waals surface area contributed by atoms with Gasteiger partial charge >= 0.3 is 36.5 Å². The van der Waals surface area contributed by atoms with Crippen LogP contribution in [0, 0.1) is 0 Å². The third kappa shape index (κ3) is 36.8. The van der Waals surface area contributed by atoms with Crippen molar-refractivity contribution in [1.29, 1.82) is 0 Å². The molecule has 0 saturated carbocycles. The molecule has 0 fully saturated rings. The van der Waals surface area contributed by atoms with Gasteiger partial charge in [-0.2, -0.15) is 0 Å². The van der Waals surface area contributed by atoms with Crippen molar-refractivity contribution in [2.75, 3.05) is 21.3 Å². The van der Waals surface area contributed by atoms with Gasteiger partial charge in [-0.15, -0.1) is 24.4 Å². The van der Waals surface area contributed by atoms with Gasteiger partial charge in [0.25, 0.3) is 0 Å². The summed E-state index contributed by atoms with van der Waals surface area (Å²) in [6, 6.07) is 11.6. The van der Waals surface area contributed by atoms with Crippen LogP contribution >= 0.6 is 0 Å². The molecule has 2 aromatic rings. The molecule has 0 spiro atoms. The number of carboxylic acids is 1. The summed E-state index contributed by atoms with van der Waals surface area (Å²) in [5, 5.41) is 47.7. The molecular weight excluding hydrogens is 570 g/mol. The van der Waals surface area contributed by atoms with Gasteiger partial charge in [-0.25, -0.2) is 9.78 Å². The number of nitrogens with zero attached hydrogens (tertiary/aromatic N) is 1. The molecule has 0 bridgehead atoms. The van der Waals surface area contributed by atoms with Gasteiger partial charge in [-0.05, 0) is 12.1 Å². The average Bonchev–Trinajstić information content (AvgIpc) is 2.81. The van der Waals surface area contributed by atoms with Crippen molar-refractivity contribution < 1.29 is 65.3 Å². The molecule has 2 rings (SSSR count). The second-order valence-electron chi connectivity index (χ2n) is 8.93. The number of para-hydroxylation sites is 1. The maximum Gasteiger partial charge on any atom is 4.00 e. The molecule has 0 aliphatic rings.